The fourth-order valence-corrected chi connectivity index (χ4v) is 0.985. The first-order valence-electron chi connectivity index (χ1n) is 4.33. The number of primary amides is 1. The number of unbranched alkanes of at least 4 members (excludes halogenated alkanes) is 2. The monoisotopic (exact) mass is 185 g/mol. The summed E-state index contributed by atoms with van der Waals surface area (Å²) in [5.74, 6) is 0. The number of isocyanates is 1. The summed E-state index contributed by atoms with van der Waals surface area (Å²) in [7, 11) is 0. The molecule has 5 nitrogen and oxygen atoms in total. The normalized spacial score (nSPS) is 11.5. The van der Waals surface area contributed by atoms with Crippen molar-refractivity contribution in [3.05, 3.63) is 0 Å². The SMILES string of the molecule is CCCCCC(N=C=O)NC(N)=O. The van der Waals surface area contributed by atoms with Gasteiger partial charge in [-0.15, -0.1) is 0 Å². The third-order valence-corrected chi connectivity index (χ3v) is 1.60. The summed E-state index contributed by atoms with van der Waals surface area (Å²) in [5, 5.41) is 2.35. The number of aliphatic imine (C=N–C) groups is 1. The van der Waals surface area contributed by atoms with E-state index in [1.165, 1.54) is 6.08 Å². The molecule has 0 saturated heterocycles. The molecule has 0 aromatic carbocycles. The molecule has 0 bridgehead atoms. The van der Waals surface area contributed by atoms with Crippen molar-refractivity contribution in [2.75, 3.05) is 0 Å². The highest BCUT2D eigenvalue weighted by molar-refractivity contribution is 5.72. The average molecular weight is 185 g/mol. The lowest BCUT2D eigenvalue weighted by atomic mass is 10.2. The van der Waals surface area contributed by atoms with Gasteiger partial charge in [0.25, 0.3) is 0 Å². The highest BCUT2D eigenvalue weighted by Gasteiger charge is 2.06. The van der Waals surface area contributed by atoms with Gasteiger partial charge in [-0.3, -0.25) is 0 Å². The molecule has 0 aliphatic carbocycles. The number of carbonyl (C=O) groups is 1. The van der Waals surface area contributed by atoms with E-state index in [4.69, 9.17) is 5.73 Å². The van der Waals surface area contributed by atoms with Crippen LogP contribution in [-0.2, 0) is 4.79 Å². The lowest BCUT2D eigenvalue weighted by Crippen LogP contribution is -2.37. The Morgan fingerprint density at radius 3 is 2.77 bits per heavy atom. The van der Waals surface area contributed by atoms with E-state index in [0.717, 1.165) is 19.3 Å². The van der Waals surface area contributed by atoms with Crippen LogP contribution in [0.1, 0.15) is 32.6 Å². The second-order valence-corrected chi connectivity index (χ2v) is 2.74. The maximum atomic E-state index is 10.4. The second-order valence-electron chi connectivity index (χ2n) is 2.74. The molecule has 13 heavy (non-hydrogen) atoms. The number of hydrogen-bond acceptors (Lipinski definition) is 3. The third kappa shape index (κ3) is 7.03. The summed E-state index contributed by atoms with van der Waals surface area (Å²) in [5.41, 5.74) is 4.89. The van der Waals surface area contributed by atoms with E-state index < -0.39 is 12.2 Å². The first-order chi connectivity index (χ1) is 6.20. The van der Waals surface area contributed by atoms with Gasteiger partial charge < -0.3 is 11.1 Å². The number of urea groups is 1. The Hall–Kier alpha value is -1.35. The lowest BCUT2D eigenvalue weighted by molar-refractivity contribution is 0.244. The largest absolute Gasteiger partial charge is 0.352 e. The molecule has 74 valence electrons. The van der Waals surface area contributed by atoms with Gasteiger partial charge in [-0.25, -0.2) is 9.59 Å². The highest BCUT2D eigenvalue weighted by Crippen LogP contribution is 2.03. The number of nitrogens with zero attached hydrogens (tertiary/aromatic N) is 1. The Kier molecular flexibility index (Phi) is 6.55. The number of hydrogen-bond donors (Lipinski definition) is 2. The zero-order valence-electron chi connectivity index (χ0n) is 7.75. The van der Waals surface area contributed by atoms with Crippen molar-refractivity contribution >= 4 is 12.1 Å². The van der Waals surface area contributed by atoms with Crippen LogP contribution in [0.15, 0.2) is 4.99 Å². The van der Waals surface area contributed by atoms with Crippen LogP contribution >= 0.6 is 0 Å². The molecule has 2 amide bonds. The van der Waals surface area contributed by atoms with Gasteiger partial charge in [0.2, 0.25) is 6.08 Å². The number of rotatable bonds is 6. The molecule has 0 saturated carbocycles. The second kappa shape index (κ2) is 7.31. The van der Waals surface area contributed by atoms with Crippen LogP contribution < -0.4 is 11.1 Å². The minimum atomic E-state index is -0.666. The molecule has 1 unspecified atom stereocenters. The van der Waals surface area contributed by atoms with Gasteiger partial charge in [-0.05, 0) is 12.8 Å². The van der Waals surface area contributed by atoms with Gasteiger partial charge in [0.05, 0.1) is 0 Å². The number of nitrogens with two attached hydrogens (primary N) is 1. The van der Waals surface area contributed by atoms with Crippen LogP contribution in [-0.4, -0.2) is 18.3 Å². The van der Waals surface area contributed by atoms with Crippen LogP contribution in [0.3, 0.4) is 0 Å². The number of carbonyl (C=O) groups excluding carboxylic acids is 2. The van der Waals surface area contributed by atoms with Gasteiger partial charge in [0.15, 0.2) is 0 Å². The molecular formula is C8H15N3O2. The topological polar surface area (TPSA) is 84.6 Å². The Labute approximate surface area is 77.4 Å². The summed E-state index contributed by atoms with van der Waals surface area (Å²) in [6.07, 6.45) is 4.56. The van der Waals surface area contributed by atoms with Gasteiger partial charge >= 0.3 is 6.03 Å². The first kappa shape index (κ1) is 11.6. The Morgan fingerprint density at radius 2 is 2.31 bits per heavy atom. The Balaban J connectivity index is 3.80. The van der Waals surface area contributed by atoms with Crippen molar-refractivity contribution in [3.8, 4) is 0 Å². The quantitative estimate of drug-likeness (QED) is 0.366. The van der Waals surface area contributed by atoms with Crippen LogP contribution in [0.2, 0.25) is 0 Å². The molecule has 0 radical (unpaired) electrons. The van der Waals surface area contributed by atoms with E-state index in [-0.39, 0.29) is 0 Å². The molecule has 0 spiro atoms. The maximum absolute atomic E-state index is 10.4. The van der Waals surface area contributed by atoms with E-state index in [2.05, 4.69) is 17.2 Å². The van der Waals surface area contributed by atoms with Crippen molar-refractivity contribution in [3.63, 3.8) is 0 Å². The summed E-state index contributed by atoms with van der Waals surface area (Å²) in [6, 6.07) is -0.666. The van der Waals surface area contributed by atoms with Gasteiger partial charge in [-0.1, -0.05) is 19.8 Å². The van der Waals surface area contributed by atoms with E-state index in [9.17, 15) is 9.59 Å². The smallest absolute Gasteiger partial charge is 0.313 e. The van der Waals surface area contributed by atoms with Crippen LogP contribution in [0, 0.1) is 0 Å². The summed E-state index contributed by atoms with van der Waals surface area (Å²) >= 11 is 0. The van der Waals surface area contributed by atoms with Crippen molar-refractivity contribution in [1.29, 1.82) is 0 Å². The fraction of sp³-hybridized carbons (Fsp3) is 0.750. The van der Waals surface area contributed by atoms with Gasteiger partial charge in [-0.2, -0.15) is 4.99 Å². The minimum Gasteiger partial charge on any atom is -0.352 e. The van der Waals surface area contributed by atoms with E-state index in [1.807, 2.05) is 0 Å². The van der Waals surface area contributed by atoms with E-state index in [1.54, 1.807) is 0 Å². The van der Waals surface area contributed by atoms with E-state index in [0.29, 0.717) is 6.42 Å². The molecule has 0 heterocycles. The molecule has 1 atom stereocenters. The van der Waals surface area contributed by atoms with Crippen molar-refractivity contribution in [1.82, 2.24) is 5.32 Å². The van der Waals surface area contributed by atoms with E-state index >= 15 is 0 Å². The van der Waals surface area contributed by atoms with Gasteiger partial charge in [0.1, 0.15) is 6.17 Å². The van der Waals surface area contributed by atoms with Crippen LogP contribution in [0.4, 0.5) is 4.79 Å². The zero-order valence-corrected chi connectivity index (χ0v) is 7.75. The molecule has 5 heteroatoms. The van der Waals surface area contributed by atoms with Crippen molar-refractivity contribution < 1.29 is 9.59 Å². The summed E-state index contributed by atoms with van der Waals surface area (Å²) in [6.45, 7) is 2.07. The predicted octanol–water partition coefficient (Wildman–Crippen LogP) is 0.897. The summed E-state index contributed by atoms with van der Waals surface area (Å²) in [4.78, 5) is 23.8. The molecule has 0 aliphatic rings. The predicted molar refractivity (Wildman–Crippen MR) is 48.8 cm³/mol. The summed E-state index contributed by atoms with van der Waals surface area (Å²) < 4.78 is 0. The van der Waals surface area contributed by atoms with Crippen LogP contribution in [0.5, 0.6) is 0 Å². The Bertz CT molecular complexity index is 200. The maximum Gasteiger partial charge on any atom is 0.313 e. The minimum absolute atomic E-state index is 0.512. The lowest BCUT2D eigenvalue weighted by Gasteiger charge is -2.09. The zero-order chi connectivity index (χ0) is 10.1. The molecule has 0 rings (SSSR count). The third-order valence-electron chi connectivity index (χ3n) is 1.60. The standard InChI is InChI=1S/C8H15N3O2/c1-2-3-4-5-7(10-6-12)11-8(9)13/h7H,2-5H2,1H3,(H3,9,11,13). The number of amides is 2. The van der Waals surface area contributed by atoms with Crippen molar-refractivity contribution in [2.45, 2.75) is 38.8 Å². The average Bonchev–Trinajstić information content (AvgIpc) is 2.04. The molecule has 0 fully saturated rings. The number of nitrogens with one attached hydrogen (secondary N) is 1. The van der Waals surface area contributed by atoms with Crippen molar-refractivity contribution in [2.24, 2.45) is 10.7 Å². The fourth-order valence-electron chi connectivity index (χ4n) is 0.985. The molecule has 3 N–H and O–H groups in total. The highest BCUT2D eigenvalue weighted by atomic mass is 16.2. The molecule has 0 aromatic heterocycles. The first-order valence-corrected chi connectivity index (χ1v) is 4.33. The molecular weight excluding hydrogens is 170 g/mol. The molecule has 0 aliphatic heterocycles. The molecule has 0 aromatic rings. The van der Waals surface area contributed by atoms with Gasteiger partial charge in [0, 0.05) is 0 Å². The Morgan fingerprint density at radius 1 is 1.62 bits per heavy atom. The van der Waals surface area contributed by atoms with Crippen LogP contribution in [0.25, 0.3) is 0 Å².